The van der Waals surface area contributed by atoms with Crippen molar-refractivity contribution >= 4 is 23.8 Å². The van der Waals surface area contributed by atoms with Gasteiger partial charge in [0.1, 0.15) is 0 Å². The largest absolute Gasteiger partial charge is 0.490 e. The molecule has 0 bridgehead atoms. The third-order valence-electron chi connectivity index (χ3n) is 5.46. The van der Waals surface area contributed by atoms with Crippen LogP contribution in [0.2, 0.25) is 0 Å². The highest BCUT2D eigenvalue weighted by Gasteiger charge is 2.48. The molecule has 1 amide bonds. The number of piperidine rings is 1. The third-order valence-corrected chi connectivity index (χ3v) is 5.46. The van der Waals surface area contributed by atoms with Crippen LogP contribution in [0.15, 0.2) is 18.5 Å². The molecule has 0 atom stereocenters. The molecule has 2 fully saturated rings. The first-order chi connectivity index (χ1) is 16.5. The lowest BCUT2D eigenvalue weighted by atomic mass is 9.77. The average molecular weight is 531 g/mol. The van der Waals surface area contributed by atoms with Crippen molar-refractivity contribution in [3.05, 3.63) is 18.5 Å². The fraction of sp³-hybridized carbons (Fsp3) is 0.650. The van der Waals surface area contributed by atoms with E-state index in [1.807, 2.05) is 6.07 Å². The molecule has 1 aromatic heterocycles. The Labute approximate surface area is 202 Å². The molecule has 1 aromatic rings. The van der Waals surface area contributed by atoms with Gasteiger partial charge in [0.15, 0.2) is 0 Å². The van der Waals surface area contributed by atoms with Gasteiger partial charge in [0, 0.05) is 45.1 Å². The van der Waals surface area contributed by atoms with Crippen molar-refractivity contribution in [3.8, 4) is 0 Å². The van der Waals surface area contributed by atoms with Gasteiger partial charge < -0.3 is 24.9 Å². The van der Waals surface area contributed by atoms with E-state index in [1.54, 1.807) is 12.4 Å². The molecule has 10 nitrogen and oxygen atoms in total. The van der Waals surface area contributed by atoms with E-state index in [4.69, 9.17) is 19.8 Å². The van der Waals surface area contributed by atoms with Crippen molar-refractivity contribution < 1.29 is 50.9 Å². The van der Waals surface area contributed by atoms with E-state index in [9.17, 15) is 31.1 Å². The van der Waals surface area contributed by atoms with E-state index >= 15 is 0 Å². The summed E-state index contributed by atoms with van der Waals surface area (Å²) in [5, 5.41) is 14.2. The predicted octanol–water partition coefficient (Wildman–Crippen LogP) is 2.12. The molecule has 0 aliphatic carbocycles. The molecule has 36 heavy (non-hydrogen) atoms. The van der Waals surface area contributed by atoms with Crippen molar-refractivity contribution in [2.24, 2.45) is 5.41 Å². The maximum absolute atomic E-state index is 12.8. The summed E-state index contributed by atoms with van der Waals surface area (Å²) >= 11 is 0. The summed E-state index contributed by atoms with van der Waals surface area (Å²) in [6.07, 6.45) is -3.78. The highest BCUT2D eigenvalue weighted by Crippen LogP contribution is 2.41. The van der Waals surface area contributed by atoms with Crippen molar-refractivity contribution in [1.82, 2.24) is 19.8 Å². The molecule has 204 valence electrons. The lowest BCUT2D eigenvalue weighted by molar-refractivity contribution is -0.193. The number of carboxylic acid groups (broad SMARTS) is 2. The molecule has 3 heterocycles. The fourth-order valence-corrected chi connectivity index (χ4v) is 3.48. The van der Waals surface area contributed by atoms with Gasteiger partial charge in [-0.2, -0.15) is 26.3 Å². The first-order valence-electron chi connectivity index (χ1n) is 10.6. The second kappa shape index (κ2) is 12.7. The standard InChI is InChI=1S/C16H25N5O.2C2HF3O2/c1-19(2)12-13-20-9-4-16(14(20)22)5-10-21(11-6-16)15-17-7-3-8-18-15;2*3-2(4,5)1(6)7/h3,7-8H,4-6,9-13H2,1-2H3;2*(H,6,7). The zero-order valence-corrected chi connectivity index (χ0v) is 19.5. The number of hydrogen-bond donors (Lipinski definition) is 2. The van der Waals surface area contributed by atoms with E-state index in [-0.39, 0.29) is 5.41 Å². The summed E-state index contributed by atoms with van der Waals surface area (Å²) in [4.78, 5) is 45.6. The number of carbonyl (C=O) groups is 3. The lowest BCUT2D eigenvalue weighted by Gasteiger charge is -2.38. The Morgan fingerprint density at radius 3 is 1.75 bits per heavy atom. The van der Waals surface area contributed by atoms with E-state index in [1.165, 1.54) is 0 Å². The molecule has 2 aliphatic rings. The van der Waals surface area contributed by atoms with Gasteiger partial charge in [0.25, 0.3) is 0 Å². The maximum atomic E-state index is 12.8. The summed E-state index contributed by atoms with van der Waals surface area (Å²) < 4.78 is 63.5. The fourth-order valence-electron chi connectivity index (χ4n) is 3.48. The van der Waals surface area contributed by atoms with E-state index in [2.05, 4.69) is 38.8 Å². The number of carbonyl (C=O) groups excluding carboxylic acids is 1. The summed E-state index contributed by atoms with van der Waals surface area (Å²) in [6.45, 7) is 4.44. The minimum absolute atomic E-state index is 0.127. The van der Waals surface area contributed by atoms with Gasteiger partial charge in [0.05, 0.1) is 5.41 Å². The molecule has 2 saturated heterocycles. The number of hydrogen-bond acceptors (Lipinski definition) is 7. The lowest BCUT2D eigenvalue weighted by Crippen LogP contribution is -2.46. The van der Waals surface area contributed by atoms with Gasteiger partial charge in [-0.3, -0.25) is 4.79 Å². The van der Waals surface area contributed by atoms with Crippen LogP contribution in [-0.2, 0) is 14.4 Å². The summed E-state index contributed by atoms with van der Waals surface area (Å²) in [5.41, 5.74) is -0.127. The molecule has 3 rings (SSSR count). The Balaban J connectivity index is 0.000000383. The van der Waals surface area contributed by atoms with E-state index < -0.39 is 24.3 Å². The summed E-state index contributed by atoms with van der Waals surface area (Å²) in [6, 6.07) is 1.83. The van der Waals surface area contributed by atoms with Crippen LogP contribution in [0, 0.1) is 5.41 Å². The molecule has 0 radical (unpaired) electrons. The van der Waals surface area contributed by atoms with Gasteiger partial charge >= 0.3 is 24.3 Å². The number of rotatable bonds is 4. The predicted molar refractivity (Wildman–Crippen MR) is 113 cm³/mol. The van der Waals surface area contributed by atoms with Crippen LogP contribution in [0.4, 0.5) is 32.3 Å². The van der Waals surface area contributed by atoms with Gasteiger partial charge in [0.2, 0.25) is 11.9 Å². The van der Waals surface area contributed by atoms with E-state index in [0.717, 1.165) is 57.9 Å². The Morgan fingerprint density at radius 2 is 1.36 bits per heavy atom. The summed E-state index contributed by atoms with van der Waals surface area (Å²) in [5.74, 6) is -4.37. The molecule has 2 N–H and O–H groups in total. The number of nitrogens with zero attached hydrogens (tertiary/aromatic N) is 5. The topological polar surface area (TPSA) is 127 Å². The van der Waals surface area contributed by atoms with Crippen LogP contribution in [0.1, 0.15) is 19.3 Å². The Kier molecular flexibility index (Phi) is 10.9. The molecule has 0 saturated carbocycles. The zero-order chi connectivity index (χ0) is 27.7. The van der Waals surface area contributed by atoms with Gasteiger partial charge in [-0.05, 0) is 39.4 Å². The van der Waals surface area contributed by atoms with Crippen molar-refractivity contribution in [3.63, 3.8) is 0 Å². The molecular formula is C20H27F6N5O5. The number of aromatic nitrogens is 2. The normalized spacial score (nSPS) is 17.3. The van der Waals surface area contributed by atoms with Crippen LogP contribution in [0.5, 0.6) is 0 Å². The van der Waals surface area contributed by atoms with Crippen LogP contribution < -0.4 is 4.90 Å². The molecule has 1 spiro atoms. The van der Waals surface area contributed by atoms with Gasteiger partial charge in [-0.15, -0.1) is 0 Å². The first-order valence-corrected chi connectivity index (χ1v) is 10.6. The molecule has 16 heteroatoms. The zero-order valence-electron chi connectivity index (χ0n) is 19.5. The smallest absolute Gasteiger partial charge is 0.475 e. The Bertz CT molecular complexity index is 850. The monoisotopic (exact) mass is 531 g/mol. The molecule has 2 aliphatic heterocycles. The average Bonchev–Trinajstić information content (AvgIpc) is 3.08. The minimum Gasteiger partial charge on any atom is -0.475 e. The summed E-state index contributed by atoms with van der Waals surface area (Å²) in [7, 11) is 4.10. The van der Waals surface area contributed by atoms with Gasteiger partial charge in [-0.25, -0.2) is 19.6 Å². The highest BCUT2D eigenvalue weighted by atomic mass is 19.4. The van der Waals surface area contributed by atoms with Crippen molar-refractivity contribution in [2.45, 2.75) is 31.6 Å². The second-order valence-corrected chi connectivity index (χ2v) is 8.27. The Morgan fingerprint density at radius 1 is 0.944 bits per heavy atom. The Hall–Kier alpha value is -3.17. The number of alkyl halides is 6. The number of anilines is 1. The van der Waals surface area contributed by atoms with Gasteiger partial charge in [-0.1, -0.05) is 0 Å². The van der Waals surface area contributed by atoms with Crippen molar-refractivity contribution in [1.29, 1.82) is 0 Å². The maximum Gasteiger partial charge on any atom is 0.490 e. The first kappa shape index (κ1) is 30.9. The van der Waals surface area contributed by atoms with Crippen molar-refractivity contribution in [2.75, 3.05) is 51.7 Å². The van der Waals surface area contributed by atoms with Crippen LogP contribution in [-0.4, -0.2) is 107 Å². The molecule has 0 unspecified atom stereocenters. The number of carboxylic acids is 2. The number of likely N-dealkylation sites (N-methyl/N-ethyl adjacent to an activating group) is 1. The molecular weight excluding hydrogens is 504 g/mol. The SMILES string of the molecule is CN(C)CCN1CCC2(CCN(c3ncccn3)CC2)C1=O.O=C(O)C(F)(F)F.O=C(O)C(F)(F)F. The highest BCUT2D eigenvalue weighted by molar-refractivity contribution is 5.85. The number of halogens is 6. The molecule has 0 aromatic carbocycles. The number of likely N-dealkylation sites (tertiary alicyclic amines) is 1. The minimum atomic E-state index is -5.08. The van der Waals surface area contributed by atoms with E-state index in [0.29, 0.717) is 5.91 Å². The quantitative estimate of drug-likeness (QED) is 0.562. The van der Waals surface area contributed by atoms with Crippen LogP contribution in [0.25, 0.3) is 0 Å². The number of amides is 1. The number of aliphatic carboxylic acids is 2. The van der Waals surface area contributed by atoms with Crippen LogP contribution in [0.3, 0.4) is 0 Å². The third kappa shape index (κ3) is 9.47. The second-order valence-electron chi connectivity index (χ2n) is 8.27. The van der Waals surface area contributed by atoms with Crippen LogP contribution >= 0.6 is 0 Å².